The van der Waals surface area contributed by atoms with Crippen LogP contribution in [0, 0.1) is 0 Å². The van der Waals surface area contributed by atoms with Crippen molar-refractivity contribution in [3.63, 3.8) is 0 Å². The van der Waals surface area contributed by atoms with Crippen molar-refractivity contribution in [1.82, 2.24) is 9.97 Å². The van der Waals surface area contributed by atoms with Crippen LogP contribution >= 0.6 is 0 Å². The molecule has 0 saturated carbocycles. The summed E-state index contributed by atoms with van der Waals surface area (Å²) in [6, 6.07) is 7.88. The van der Waals surface area contributed by atoms with E-state index in [9.17, 15) is 0 Å². The fourth-order valence-electron chi connectivity index (χ4n) is 3.38. The standard InChI is InChI=1S/C22H30N4O2/c1-27-19-9-8-18(16-20(19)28-2)11-14-24-22-25-15-12-21(26-22)23-13-10-17-6-4-3-5-7-17/h6,8-9,12,15-16H,3-5,7,10-11,13-14H2,1-2H3,(H2,23,24,25,26). The normalized spacial score (nSPS) is 13.6. The van der Waals surface area contributed by atoms with Gasteiger partial charge in [-0.25, -0.2) is 4.98 Å². The van der Waals surface area contributed by atoms with Gasteiger partial charge in [-0.15, -0.1) is 0 Å². The summed E-state index contributed by atoms with van der Waals surface area (Å²) in [5.41, 5.74) is 2.74. The van der Waals surface area contributed by atoms with Gasteiger partial charge in [-0.05, 0) is 62.3 Å². The minimum atomic E-state index is 0.641. The molecule has 0 unspecified atom stereocenters. The molecule has 0 amide bonds. The largest absolute Gasteiger partial charge is 0.493 e. The zero-order valence-electron chi connectivity index (χ0n) is 16.8. The SMILES string of the molecule is COc1ccc(CCNc2nccc(NCCC3=CCCCC3)n2)cc1OC. The van der Waals surface area contributed by atoms with Crippen LogP contribution in [0.15, 0.2) is 42.1 Å². The molecule has 1 aliphatic carbocycles. The molecule has 3 rings (SSSR count). The number of ether oxygens (including phenoxy) is 2. The van der Waals surface area contributed by atoms with Gasteiger partial charge in [-0.2, -0.15) is 4.98 Å². The summed E-state index contributed by atoms with van der Waals surface area (Å²) in [5, 5.41) is 6.70. The van der Waals surface area contributed by atoms with E-state index >= 15 is 0 Å². The maximum absolute atomic E-state index is 5.36. The van der Waals surface area contributed by atoms with Gasteiger partial charge in [-0.3, -0.25) is 0 Å². The van der Waals surface area contributed by atoms with E-state index in [4.69, 9.17) is 9.47 Å². The molecule has 1 aromatic heterocycles. The Morgan fingerprint density at radius 3 is 2.61 bits per heavy atom. The quantitative estimate of drug-likeness (QED) is 0.592. The second kappa shape index (κ2) is 10.5. The summed E-state index contributed by atoms with van der Waals surface area (Å²) in [5.74, 6) is 2.99. The number of allylic oxidation sites excluding steroid dienone is 1. The first-order valence-electron chi connectivity index (χ1n) is 9.98. The van der Waals surface area contributed by atoms with Crippen molar-refractivity contribution in [3.8, 4) is 11.5 Å². The first-order valence-corrected chi connectivity index (χ1v) is 9.98. The Labute approximate surface area is 167 Å². The Hall–Kier alpha value is -2.76. The fourth-order valence-corrected chi connectivity index (χ4v) is 3.38. The van der Waals surface area contributed by atoms with Crippen LogP contribution in [0.1, 0.15) is 37.7 Å². The number of anilines is 2. The molecule has 0 spiro atoms. The van der Waals surface area contributed by atoms with E-state index < -0.39 is 0 Å². The molecule has 28 heavy (non-hydrogen) atoms. The van der Waals surface area contributed by atoms with Crippen molar-refractivity contribution in [2.75, 3.05) is 37.9 Å². The fraction of sp³-hybridized carbons (Fsp3) is 0.455. The lowest BCUT2D eigenvalue weighted by molar-refractivity contribution is 0.354. The van der Waals surface area contributed by atoms with Gasteiger partial charge < -0.3 is 20.1 Å². The third kappa shape index (κ3) is 5.87. The van der Waals surface area contributed by atoms with Crippen molar-refractivity contribution < 1.29 is 9.47 Å². The van der Waals surface area contributed by atoms with Crippen LogP contribution in [0.2, 0.25) is 0 Å². The highest BCUT2D eigenvalue weighted by atomic mass is 16.5. The number of hydrogen-bond donors (Lipinski definition) is 2. The molecule has 1 aliphatic rings. The highest BCUT2D eigenvalue weighted by molar-refractivity contribution is 5.43. The summed E-state index contributed by atoms with van der Waals surface area (Å²) in [6.45, 7) is 1.65. The van der Waals surface area contributed by atoms with E-state index in [1.54, 1.807) is 26.0 Å². The number of aromatic nitrogens is 2. The van der Waals surface area contributed by atoms with Crippen LogP contribution < -0.4 is 20.1 Å². The Morgan fingerprint density at radius 2 is 1.82 bits per heavy atom. The van der Waals surface area contributed by atoms with Gasteiger partial charge >= 0.3 is 0 Å². The summed E-state index contributed by atoms with van der Waals surface area (Å²) >= 11 is 0. The summed E-state index contributed by atoms with van der Waals surface area (Å²) < 4.78 is 10.6. The van der Waals surface area contributed by atoms with Gasteiger partial charge in [0.15, 0.2) is 11.5 Å². The topological polar surface area (TPSA) is 68.3 Å². The van der Waals surface area contributed by atoms with Gasteiger partial charge in [0.1, 0.15) is 5.82 Å². The third-order valence-electron chi connectivity index (χ3n) is 4.94. The van der Waals surface area contributed by atoms with Crippen LogP contribution in [-0.2, 0) is 6.42 Å². The first kappa shape index (κ1) is 20.0. The molecule has 0 fully saturated rings. The van der Waals surface area contributed by atoms with Crippen molar-refractivity contribution in [2.24, 2.45) is 0 Å². The highest BCUT2D eigenvalue weighted by Gasteiger charge is 2.06. The maximum atomic E-state index is 5.36. The minimum absolute atomic E-state index is 0.641. The second-order valence-electron chi connectivity index (χ2n) is 6.92. The predicted octanol–water partition coefficient (Wildman–Crippen LogP) is 4.45. The third-order valence-corrected chi connectivity index (χ3v) is 4.94. The van der Waals surface area contributed by atoms with Crippen molar-refractivity contribution in [1.29, 1.82) is 0 Å². The van der Waals surface area contributed by atoms with Gasteiger partial charge in [0.2, 0.25) is 5.95 Å². The monoisotopic (exact) mass is 382 g/mol. The molecule has 6 heteroatoms. The smallest absolute Gasteiger partial charge is 0.224 e. The number of hydrogen-bond acceptors (Lipinski definition) is 6. The Morgan fingerprint density at radius 1 is 0.964 bits per heavy atom. The van der Waals surface area contributed by atoms with Crippen molar-refractivity contribution >= 4 is 11.8 Å². The molecular weight excluding hydrogens is 352 g/mol. The molecule has 0 saturated heterocycles. The maximum Gasteiger partial charge on any atom is 0.224 e. The minimum Gasteiger partial charge on any atom is -0.493 e. The van der Waals surface area contributed by atoms with Crippen molar-refractivity contribution in [2.45, 2.75) is 38.5 Å². The lowest BCUT2D eigenvalue weighted by Gasteiger charge is -2.13. The second-order valence-corrected chi connectivity index (χ2v) is 6.92. The zero-order chi connectivity index (χ0) is 19.6. The summed E-state index contributed by atoms with van der Waals surface area (Å²) in [7, 11) is 3.29. The predicted molar refractivity (Wildman–Crippen MR) is 113 cm³/mol. The number of rotatable bonds is 10. The highest BCUT2D eigenvalue weighted by Crippen LogP contribution is 2.27. The average molecular weight is 383 g/mol. The van der Waals surface area contributed by atoms with Crippen LogP contribution in [0.25, 0.3) is 0 Å². The molecule has 1 aromatic carbocycles. The van der Waals surface area contributed by atoms with E-state index in [1.807, 2.05) is 24.3 Å². The molecule has 1 heterocycles. The van der Waals surface area contributed by atoms with E-state index in [0.717, 1.165) is 43.2 Å². The van der Waals surface area contributed by atoms with Gasteiger partial charge in [-0.1, -0.05) is 17.7 Å². The summed E-state index contributed by atoms with van der Waals surface area (Å²) in [4.78, 5) is 8.86. The van der Waals surface area contributed by atoms with Crippen molar-refractivity contribution in [3.05, 3.63) is 47.7 Å². The molecule has 0 atom stereocenters. The number of nitrogens with zero attached hydrogens (tertiary/aromatic N) is 2. The molecule has 150 valence electrons. The van der Waals surface area contributed by atoms with Crippen LogP contribution in [0.5, 0.6) is 11.5 Å². The zero-order valence-corrected chi connectivity index (χ0v) is 16.8. The lowest BCUT2D eigenvalue weighted by atomic mass is 9.97. The first-order chi connectivity index (χ1) is 13.8. The molecule has 2 N–H and O–H groups in total. The van der Waals surface area contributed by atoms with Crippen LogP contribution in [0.3, 0.4) is 0 Å². The van der Waals surface area contributed by atoms with Gasteiger partial charge in [0, 0.05) is 19.3 Å². The van der Waals surface area contributed by atoms with E-state index in [-0.39, 0.29) is 0 Å². The number of methoxy groups -OCH3 is 2. The molecule has 0 aliphatic heterocycles. The Balaban J connectivity index is 1.46. The average Bonchev–Trinajstić information content (AvgIpc) is 2.75. The lowest BCUT2D eigenvalue weighted by Crippen LogP contribution is -2.10. The van der Waals surface area contributed by atoms with Gasteiger partial charge in [0.05, 0.1) is 14.2 Å². The molecule has 0 bridgehead atoms. The van der Waals surface area contributed by atoms with Gasteiger partial charge in [0.25, 0.3) is 0 Å². The Kier molecular flexibility index (Phi) is 7.53. The van der Waals surface area contributed by atoms with E-state index in [1.165, 1.54) is 31.2 Å². The molecule has 0 radical (unpaired) electrons. The Bertz CT molecular complexity index is 792. The van der Waals surface area contributed by atoms with Crippen LogP contribution in [0.4, 0.5) is 11.8 Å². The summed E-state index contributed by atoms with van der Waals surface area (Å²) in [6.07, 6.45) is 11.3. The molecular formula is C22H30N4O2. The van der Waals surface area contributed by atoms with E-state index in [0.29, 0.717) is 5.95 Å². The van der Waals surface area contributed by atoms with Crippen LogP contribution in [-0.4, -0.2) is 37.3 Å². The number of benzene rings is 1. The molecule has 6 nitrogen and oxygen atoms in total. The molecule has 2 aromatic rings. The van der Waals surface area contributed by atoms with E-state index in [2.05, 4.69) is 26.7 Å². The number of nitrogens with one attached hydrogen (secondary N) is 2.